The van der Waals surface area contributed by atoms with Crippen molar-refractivity contribution in [3.05, 3.63) is 35.9 Å². The van der Waals surface area contributed by atoms with E-state index >= 15 is 0 Å². The standard InChI is InChI=1S/C16H23NO4/c1-2-3-4-8-11-20-15(18)12-17-16(19)21-13-14-9-6-5-7-10-14/h5-7,9-10H,2-4,8,11-13H2,1H3,(H,17,19). The summed E-state index contributed by atoms with van der Waals surface area (Å²) >= 11 is 0. The van der Waals surface area contributed by atoms with Crippen LogP contribution in [0.3, 0.4) is 0 Å². The van der Waals surface area contributed by atoms with Gasteiger partial charge in [-0.2, -0.15) is 0 Å². The van der Waals surface area contributed by atoms with Gasteiger partial charge >= 0.3 is 12.1 Å². The van der Waals surface area contributed by atoms with Gasteiger partial charge in [-0.1, -0.05) is 56.5 Å². The fraction of sp³-hybridized carbons (Fsp3) is 0.500. The van der Waals surface area contributed by atoms with Crippen LogP contribution in [0.4, 0.5) is 4.79 Å². The lowest BCUT2D eigenvalue weighted by molar-refractivity contribution is -0.142. The molecule has 5 heteroatoms. The van der Waals surface area contributed by atoms with E-state index in [2.05, 4.69) is 12.2 Å². The zero-order valence-electron chi connectivity index (χ0n) is 12.5. The molecule has 5 nitrogen and oxygen atoms in total. The third kappa shape index (κ3) is 8.68. The lowest BCUT2D eigenvalue weighted by Crippen LogP contribution is -2.31. The number of ether oxygens (including phenoxy) is 2. The van der Waals surface area contributed by atoms with Gasteiger partial charge in [0.05, 0.1) is 6.61 Å². The second-order valence-corrected chi connectivity index (χ2v) is 4.70. The molecule has 0 atom stereocenters. The molecule has 0 aliphatic heterocycles. The van der Waals surface area contributed by atoms with Crippen molar-refractivity contribution in [2.24, 2.45) is 0 Å². The van der Waals surface area contributed by atoms with Gasteiger partial charge < -0.3 is 14.8 Å². The minimum Gasteiger partial charge on any atom is -0.464 e. The SMILES string of the molecule is CCCCCCOC(=O)CNC(=O)OCc1ccccc1. The summed E-state index contributed by atoms with van der Waals surface area (Å²) in [6, 6.07) is 9.34. The zero-order valence-corrected chi connectivity index (χ0v) is 12.5. The third-order valence-electron chi connectivity index (χ3n) is 2.85. The van der Waals surface area contributed by atoms with E-state index in [1.165, 1.54) is 0 Å². The molecule has 1 amide bonds. The Bertz CT molecular complexity index is 420. The summed E-state index contributed by atoms with van der Waals surface area (Å²) in [4.78, 5) is 22.8. The van der Waals surface area contributed by atoms with Crippen LogP contribution in [-0.2, 0) is 20.9 Å². The van der Waals surface area contributed by atoms with E-state index in [9.17, 15) is 9.59 Å². The maximum absolute atomic E-state index is 11.4. The highest BCUT2D eigenvalue weighted by molar-refractivity contribution is 5.77. The molecule has 0 radical (unpaired) electrons. The second kappa shape index (κ2) is 10.7. The number of carbonyl (C=O) groups excluding carboxylic acids is 2. The summed E-state index contributed by atoms with van der Waals surface area (Å²) < 4.78 is 9.97. The molecule has 0 aliphatic carbocycles. The topological polar surface area (TPSA) is 64.6 Å². The molecule has 0 saturated carbocycles. The molecule has 1 rings (SSSR count). The summed E-state index contributed by atoms with van der Waals surface area (Å²) in [5.41, 5.74) is 0.895. The molecule has 1 aromatic carbocycles. The van der Waals surface area contributed by atoms with Gasteiger partial charge in [-0.05, 0) is 12.0 Å². The van der Waals surface area contributed by atoms with Crippen LogP contribution in [0.15, 0.2) is 30.3 Å². The number of rotatable bonds is 9. The lowest BCUT2D eigenvalue weighted by Gasteiger charge is -2.07. The van der Waals surface area contributed by atoms with Crippen molar-refractivity contribution in [1.29, 1.82) is 0 Å². The fourth-order valence-electron chi connectivity index (χ4n) is 1.68. The van der Waals surface area contributed by atoms with Crippen LogP contribution in [0.25, 0.3) is 0 Å². The van der Waals surface area contributed by atoms with Crippen molar-refractivity contribution < 1.29 is 19.1 Å². The Labute approximate surface area is 125 Å². The highest BCUT2D eigenvalue weighted by Gasteiger charge is 2.07. The van der Waals surface area contributed by atoms with Crippen molar-refractivity contribution in [2.75, 3.05) is 13.2 Å². The first kappa shape index (κ1) is 17.0. The van der Waals surface area contributed by atoms with Crippen LogP contribution in [-0.4, -0.2) is 25.2 Å². The number of unbranched alkanes of at least 4 members (excludes halogenated alkanes) is 3. The zero-order chi connectivity index (χ0) is 15.3. The molecule has 0 saturated heterocycles. The molecule has 0 aromatic heterocycles. The number of nitrogens with one attached hydrogen (secondary N) is 1. The van der Waals surface area contributed by atoms with E-state index < -0.39 is 12.1 Å². The fourth-order valence-corrected chi connectivity index (χ4v) is 1.68. The average Bonchev–Trinajstić information content (AvgIpc) is 2.51. The Morgan fingerprint density at radius 1 is 1.05 bits per heavy atom. The van der Waals surface area contributed by atoms with Gasteiger partial charge in [0.25, 0.3) is 0 Å². The third-order valence-corrected chi connectivity index (χ3v) is 2.85. The smallest absolute Gasteiger partial charge is 0.407 e. The largest absolute Gasteiger partial charge is 0.464 e. The quantitative estimate of drug-likeness (QED) is 0.561. The average molecular weight is 293 g/mol. The molecule has 0 fully saturated rings. The highest BCUT2D eigenvalue weighted by atomic mass is 16.6. The number of amides is 1. The Morgan fingerprint density at radius 3 is 2.52 bits per heavy atom. The van der Waals surface area contributed by atoms with Crippen molar-refractivity contribution >= 4 is 12.1 Å². The Hall–Kier alpha value is -2.04. The van der Waals surface area contributed by atoms with Crippen LogP contribution in [0.1, 0.15) is 38.2 Å². The predicted molar refractivity (Wildman–Crippen MR) is 79.7 cm³/mol. The van der Waals surface area contributed by atoms with Crippen LogP contribution < -0.4 is 5.32 Å². The molecule has 0 spiro atoms. The van der Waals surface area contributed by atoms with Crippen LogP contribution in [0.5, 0.6) is 0 Å². The molecule has 116 valence electrons. The maximum atomic E-state index is 11.4. The predicted octanol–water partition coefficient (Wildman–Crippen LogP) is 3.04. The van der Waals surface area contributed by atoms with E-state index in [0.717, 1.165) is 31.2 Å². The first-order chi connectivity index (χ1) is 10.2. The monoisotopic (exact) mass is 293 g/mol. The van der Waals surface area contributed by atoms with E-state index in [4.69, 9.17) is 9.47 Å². The molecular weight excluding hydrogens is 270 g/mol. The first-order valence-corrected chi connectivity index (χ1v) is 7.32. The molecule has 1 aromatic rings. The number of hydrogen-bond donors (Lipinski definition) is 1. The molecule has 0 aliphatic rings. The van der Waals surface area contributed by atoms with Gasteiger partial charge in [0.2, 0.25) is 0 Å². The Balaban J connectivity index is 2.05. The van der Waals surface area contributed by atoms with Crippen molar-refractivity contribution in [2.45, 2.75) is 39.2 Å². The van der Waals surface area contributed by atoms with Gasteiger partial charge in [0, 0.05) is 0 Å². The van der Waals surface area contributed by atoms with E-state index in [-0.39, 0.29) is 13.2 Å². The van der Waals surface area contributed by atoms with Crippen LogP contribution >= 0.6 is 0 Å². The molecule has 0 bridgehead atoms. The Morgan fingerprint density at radius 2 is 1.81 bits per heavy atom. The maximum Gasteiger partial charge on any atom is 0.407 e. The van der Waals surface area contributed by atoms with Gasteiger partial charge in [-0.3, -0.25) is 4.79 Å². The molecule has 0 heterocycles. The number of carbonyl (C=O) groups is 2. The van der Waals surface area contributed by atoms with Crippen molar-refractivity contribution in [3.8, 4) is 0 Å². The summed E-state index contributed by atoms with van der Waals surface area (Å²) in [6.07, 6.45) is 3.57. The molecule has 0 unspecified atom stereocenters. The molecular formula is C16H23NO4. The van der Waals surface area contributed by atoms with E-state index in [0.29, 0.717) is 6.61 Å². The van der Waals surface area contributed by atoms with Crippen molar-refractivity contribution in [1.82, 2.24) is 5.32 Å². The summed E-state index contributed by atoms with van der Waals surface area (Å²) in [6.45, 7) is 2.54. The summed E-state index contributed by atoms with van der Waals surface area (Å²) in [7, 11) is 0. The number of esters is 1. The second-order valence-electron chi connectivity index (χ2n) is 4.70. The van der Waals surface area contributed by atoms with Crippen LogP contribution in [0.2, 0.25) is 0 Å². The summed E-state index contributed by atoms with van der Waals surface area (Å²) in [5, 5.41) is 2.37. The van der Waals surface area contributed by atoms with Gasteiger partial charge in [0.15, 0.2) is 0 Å². The Kier molecular flexibility index (Phi) is 8.68. The summed E-state index contributed by atoms with van der Waals surface area (Å²) in [5.74, 6) is -0.442. The van der Waals surface area contributed by atoms with Crippen molar-refractivity contribution in [3.63, 3.8) is 0 Å². The number of alkyl carbamates (subject to hydrolysis) is 1. The minimum absolute atomic E-state index is 0.165. The van der Waals surface area contributed by atoms with Gasteiger partial charge in [-0.15, -0.1) is 0 Å². The highest BCUT2D eigenvalue weighted by Crippen LogP contribution is 2.00. The lowest BCUT2D eigenvalue weighted by atomic mass is 10.2. The number of benzene rings is 1. The van der Waals surface area contributed by atoms with E-state index in [1.807, 2.05) is 30.3 Å². The van der Waals surface area contributed by atoms with Gasteiger partial charge in [0.1, 0.15) is 13.2 Å². The molecule has 1 N–H and O–H groups in total. The first-order valence-electron chi connectivity index (χ1n) is 7.32. The molecule has 21 heavy (non-hydrogen) atoms. The normalized spacial score (nSPS) is 9.95. The minimum atomic E-state index is -0.623. The van der Waals surface area contributed by atoms with E-state index in [1.54, 1.807) is 0 Å². The van der Waals surface area contributed by atoms with Crippen LogP contribution in [0, 0.1) is 0 Å². The number of hydrogen-bond acceptors (Lipinski definition) is 4. The van der Waals surface area contributed by atoms with Gasteiger partial charge in [-0.25, -0.2) is 4.79 Å².